The molecule has 0 aliphatic heterocycles. The van der Waals surface area contributed by atoms with Crippen molar-refractivity contribution in [2.24, 2.45) is 0 Å². The highest BCUT2D eigenvalue weighted by Gasteiger charge is 2.89. The number of hydrogen-bond acceptors (Lipinski definition) is 4. The Morgan fingerprint density at radius 3 is 1.05 bits per heavy atom. The van der Waals surface area contributed by atoms with Crippen LogP contribution in [0.15, 0.2) is 24.3 Å². The Morgan fingerprint density at radius 2 is 0.775 bits per heavy atom. The van der Waals surface area contributed by atoms with E-state index in [1.54, 1.807) is 0 Å². The number of hydrogen-bond donors (Lipinski definition) is 1. The van der Waals surface area contributed by atoms with Gasteiger partial charge in [0.2, 0.25) is 5.95 Å². The molecule has 0 aliphatic carbocycles. The van der Waals surface area contributed by atoms with Crippen molar-refractivity contribution in [1.82, 2.24) is 15.0 Å². The van der Waals surface area contributed by atoms with Gasteiger partial charge in [-0.25, -0.2) is 4.98 Å². The van der Waals surface area contributed by atoms with Gasteiger partial charge in [-0.1, -0.05) is 18.2 Å². The fourth-order valence-electron chi connectivity index (χ4n) is 3.33. The number of aromatic nitrogens is 3. The first-order valence-corrected chi connectivity index (χ1v) is 9.57. The van der Waals surface area contributed by atoms with Gasteiger partial charge in [0.25, 0.3) is 0 Å². The Hall–Kier alpha value is -3.23. The minimum absolute atomic E-state index is 0.173. The third kappa shape index (κ3) is 4.92. The molecule has 0 fully saturated rings. The van der Waals surface area contributed by atoms with Crippen molar-refractivity contribution in [1.29, 1.82) is 0 Å². The molecule has 0 unspecified atom stereocenters. The molecule has 226 valence electrons. The predicted molar refractivity (Wildman–Crippen MR) is 94.0 cm³/mol. The van der Waals surface area contributed by atoms with Gasteiger partial charge in [-0.15, -0.1) is 0 Å². The number of nitrogens with one attached hydrogen (secondary N) is 1. The van der Waals surface area contributed by atoms with Crippen LogP contribution in [0, 0.1) is 6.92 Å². The van der Waals surface area contributed by atoms with Gasteiger partial charge in [0.05, 0.1) is 0 Å². The molecule has 22 heteroatoms. The highest BCUT2D eigenvalue weighted by molar-refractivity contribution is 5.58. The first kappa shape index (κ1) is 33.0. The number of alkyl halides is 18. The summed E-state index contributed by atoms with van der Waals surface area (Å²) >= 11 is 0. The van der Waals surface area contributed by atoms with Crippen LogP contribution in [0.25, 0.3) is 0 Å². The fraction of sp³-hybridized carbons (Fsp3) is 0.500. The van der Waals surface area contributed by atoms with Crippen LogP contribution in [0.1, 0.15) is 17.2 Å². The Morgan fingerprint density at radius 1 is 0.475 bits per heavy atom. The van der Waals surface area contributed by atoms with Crippen molar-refractivity contribution in [3.8, 4) is 0 Å². The summed E-state index contributed by atoms with van der Waals surface area (Å²) in [5, 5.41) is 1.44. The summed E-state index contributed by atoms with van der Waals surface area (Å²) in [5.41, 5.74) is -15.8. The maximum absolute atomic E-state index is 13.6. The largest absolute Gasteiger partial charge is 0.419 e. The number of aryl methyl sites for hydroxylation is 1. The average molecular weight is 622 g/mol. The monoisotopic (exact) mass is 622 g/mol. The van der Waals surface area contributed by atoms with Gasteiger partial charge in [0, 0.05) is 5.69 Å². The number of benzene rings is 1. The summed E-state index contributed by atoms with van der Waals surface area (Å²) in [5.74, 6) is -10.4. The quantitative estimate of drug-likeness (QED) is 0.354. The lowest BCUT2D eigenvalue weighted by Gasteiger charge is -2.39. The van der Waals surface area contributed by atoms with Gasteiger partial charge in [-0.2, -0.15) is 89.0 Å². The second-order valence-electron chi connectivity index (χ2n) is 7.73. The molecule has 0 saturated heterocycles. The van der Waals surface area contributed by atoms with Crippen molar-refractivity contribution < 1.29 is 79.0 Å². The molecule has 0 radical (unpaired) electrons. The molecule has 1 N–H and O–H groups in total. The normalized spacial score (nSPS) is 14.9. The smallest absolute Gasteiger partial charge is 0.324 e. The Kier molecular flexibility index (Phi) is 7.76. The summed E-state index contributed by atoms with van der Waals surface area (Å²) in [7, 11) is 0. The zero-order valence-electron chi connectivity index (χ0n) is 18.5. The first-order chi connectivity index (χ1) is 17.6. The predicted octanol–water partition coefficient (Wildman–Crippen LogP) is 7.77. The third-order valence-corrected chi connectivity index (χ3v) is 5.25. The van der Waals surface area contributed by atoms with Crippen molar-refractivity contribution in [2.45, 2.75) is 54.8 Å². The lowest BCUT2D eigenvalue weighted by atomic mass is 9.82. The molecule has 2 aromatic rings. The van der Waals surface area contributed by atoms with E-state index in [-0.39, 0.29) is 5.56 Å². The Balaban J connectivity index is 3.30. The molecular formula is C18H8F18N4. The molecule has 1 aromatic heterocycles. The molecule has 0 atom stereocenters. The molecule has 0 spiro atoms. The van der Waals surface area contributed by atoms with E-state index in [1.165, 1.54) is 16.4 Å². The van der Waals surface area contributed by atoms with Gasteiger partial charge in [0.15, 0.2) is 11.6 Å². The zero-order chi connectivity index (χ0) is 31.5. The third-order valence-electron chi connectivity index (χ3n) is 5.25. The zero-order valence-corrected chi connectivity index (χ0v) is 18.5. The summed E-state index contributed by atoms with van der Waals surface area (Å²) < 4.78 is 244. The van der Waals surface area contributed by atoms with E-state index in [0.717, 1.165) is 25.1 Å². The highest BCUT2D eigenvalue weighted by atomic mass is 19.4. The first-order valence-electron chi connectivity index (χ1n) is 9.57. The van der Waals surface area contributed by atoms with Crippen molar-refractivity contribution in [3.63, 3.8) is 0 Å². The number of halogens is 18. The summed E-state index contributed by atoms with van der Waals surface area (Å²) in [6.45, 7) is 1.04. The molecule has 1 heterocycles. The second kappa shape index (κ2) is 9.42. The summed E-state index contributed by atoms with van der Waals surface area (Å²) in [4.78, 5) is 5.57. The van der Waals surface area contributed by atoms with Gasteiger partial charge in [0.1, 0.15) is 0 Å². The average Bonchev–Trinajstić information content (AvgIpc) is 2.63. The Bertz CT molecular complexity index is 1080. The number of rotatable bonds is 4. The van der Waals surface area contributed by atoms with E-state index in [9.17, 15) is 79.0 Å². The number of para-hydroxylation sites is 1. The SMILES string of the molecule is Cc1ccccc1Nc1nc(C(C(F)(F)F)(C(F)(F)F)C(F)(F)F)nc(C(C(F)(F)F)(C(F)(F)F)C(F)(F)F)n1. The van der Waals surface area contributed by atoms with Crippen molar-refractivity contribution >= 4 is 11.6 Å². The minimum atomic E-state index is -7.74. The summed E-state index contributed by atoms with van der Waals surface area (Å²) in [6, 6.07) is 3.97. The molecule has 4 nitrogen and oxygen atoms in total. The van der Waals surface area contributed by atoms with Crippen LogP contribution in [0.3, 0.4) is 0 Å². The van der Waals surface area contributed by atoms with E-state index in [0.29, 0.717) is 0 Å². The standard InChI is InChI=1S/C18H8F18N4/c1-6-4-2-3-5-7(6)37-10-39-8(11(13(19,20)21,14(22,23)24)15(25,26)27)38-9(40-10)12(16(28,29)30,17(31,32)33)18(34,35)36/h2-5H,1H3,(H,37,38,39,40). The molecular weight excluding hydrogens is 614 g/mol. The van der Waals surface area contributed by atoms with E-state index in [2.05, 4.69) is 9.97 Å². The summed E-state index contributed by atoms with van der Waals surface area (Å²) in [6.07, 6.45) is -46.4. The minimum Gasteiger partial charge on any atom is -0.324 e. The van der Waals surface area contributed by atoms with Gasteiger partial charge < -0.3 is 5.32 Å². The maximum Gasteiger partial charge on any atom is 0.419 e. The Labute approximate surface area is 208 Å². The van der Waals surface area contributed by atoms with Crippen LogP contribution in [0.2, 0.25) is 0 Å². The lowest BCUT2D eigenvalue weighted by molar-refractivity contribution is -0.391. The van der Waals surface area contributed by atoms with Gasteiger partial charge in [-0.3, -0.25) is 0 Å². The molecule has 1 aromatic carbocycles. The van der Waals surface area contributed by atoms with E-state index in [1.807, 2.05) is 0 Å². The fourth-order valence-corrected chi connectivity index (χ4v) is 3.33. The highest BCUT2D eigenvalue weighted by Crippen LogP contribution is 2.62. The van der Waals surface area contributed by atoms with Crippen molar-refractivity contribution in [2.75, 3.05) is 5.32 Å². The second-order valence-corrected chi connectivity index (χ2v) is 7.73. The molecule has 0 aliphatic rings. The van der Waals surface area contributed by atoms with Gasteiger partial charge in [-0.05, 0) is 18.6 Å². The lowest BCUT2D eigenvalue weighted by Crippen LogP contribution is -2.66. The van der Waals surface area contributed by atoms with Crippen molar-refractivity contribution in [3.05, 3.63) is 41.5 Å². The van der Waals surface area contributed by atoms with E-state index >= 15 is 0 Å². The molecule has 40 heavy (non-hydrogen) atoms. The van der Waals surface area contributed by atoms with Crippen LogP contribution >= 0.6 is 0 Å². The van der Waals surface area contributed by atoms with Crippen LogP contribution in [-0.2, 0) is 10.8 Å². The topological polar surface area (TPSA) is 50.7 Å². The number of nitrogens with zero attached hydrogens (tertiary/aromatic N) is 3. The van der Waals surface area contributed by atoms with Crippen LogP contribution in [0.5, 0.6) is 0 Å². The molecule has 0 bridgehead atoms. The van der Waals surface area contributed by atoms with Crippen LogP contribution in [-0.4, -0.2) is 52.0 Å². The maximum atomic E-state index is 13.6. The van der Waals surface area contributed by atoms with Gasteiger partial charge >= 0.3 is 47.9 Å². The van der Waals surface area contributed by atoms with Crippen LogP contribution in [0.4, 0.5) is 90.7 Å². The van der Waals surface area contributed by atoms with E-state index in [4.69, 9.17) is 0 Å². The molecule has 2 rings (SSSR count). The molecule has 0 saturated carbocycles. The van der Waals surface area contributed by atoms with Crippen LogP contribution < -0.4 is 5.32 Å². The van der Waals surface area contributed by atoms with E-state index < -0.39 is 71.2 Å². The molecule has 0 amide bonds. The number of anilines is 2.